The van der Waals surface area contributed by atoms with E-state index in [0.717, 1.165) is 0 Å². The maximum Gasteiger partial charge on any atom is 0.0211 e. The Morgan fingerprint density at radius 2 is 1.44 bits per heavy atom. The number of hydrogen-bond acceptors (Lipinski definition) is 0. The first kappa shape index (κ1) is 11.3. The molecule has 0 heterocycles. The molecule has 0 bridgehead atoms. The van der Waals surface area contributed by atoms with Gasteiger partial charge in [0.25, 0.3) is 0 Å². The lowest BCUT2D eigenvalue weighted by molar-refractivity contribution is 1.25. The van der Waals surface area contributed by atoms with Gasteiger partial charge in [0.2, 0.25) is 0 Å². The van der Waals surface area contributed by atoms with Crippen molar-refractivity contribution < 1.29 is 0 Å². The molecular weight excluding hydrogens is 216 g/mol. The van der Waals surface area contributed by atoms with Gasteiger partial charge in [-0.05, 0) is 59.7 Å². The van der Waals surface area contributed by atoms with E-state index in [0.29, 0.717) is 0 Å². The standard InChI is InChI=1S/C18H17/c1-12-8-9-18(14(3)13(12)2)17-10-15-6-4-5-7-16(15)11-17/h4-11H,1-3H3. The van der Waals surface area contributed by atoms with Crippen molar-refractivity contribution >= 4 is 11.6 Å². The number of fused-ring (bicyclic) bond motifs is 1. The third-order valence-corrected chi connectivity index (χ3v) is 3.99. The van der Waals surface area contributed by atoms with Gasteiger partial charge in [0.15, 0.2) is 0 Å². The maximum absolute atomic E-state index is 2.28. The summed E-state index contributed by atoms with van der Waals surface area (Å²) in [6.07, 6.45) is 4.57. The Kier molecular flexibility index (Phi) is 2.59. The first-order valence-corrected chi connectivity index (χ1v) is 6.39. The molecule has 1 aliphatic rings. The van der Waals surface area contributed by atoms with Crippen LogP contribution in [0.2, 0.25) is 0 Å². The normalized spacial score (nSPS) is 13.4. The highest BCUT2D eigenvalue weighted by molar-refractivity contribution is 5.95. The predicted octanol–water partition coefficient (Wildman–Crippen LogP) is 4.72. The molecule has 1 radical (unpaired) electrons. The van der Waals surface area contributed by atoms with Crippen LogP contribution in [0.25, 0.3) is 11.6 Å². The number of allylic oxidation sites excluding steroid dienone is 1. The summed E-state index contributed by atoms with van der Waals surface area (Å²) in [5.41, 5.74) is 9.50. The zero-order chi connectivity index (χ0) is 12.7. The molecule has 0 unspecified atom stereocenters. The maximum atomic E-state index is 2.28. The van der Waals surface area contributed by atoms with Crippen LogP contribution in [0.3, 0.4) is 0 Å². The van der Waals surface area contributed by atoms with Crippen LogP contribution in [0, 0.1) is 27.2 Å². The summed E-state index contributed by atoms with van der Waals surface area (Å²) < 4.78 is 0. The highest BCUT2D eigenvalue weighted by atomic mass is 14.2. The quantitative estimate of drug-likeness (QED) is 0.668. The number of aryl methyl sites for hydroxylation is 1. The Bertz CT molecular complexity index is 645. The van der Waals surface area contributed by atoms with Gasteiger partial charge in [0.05, 0.1) is 0 Å². The van der Waals surface area contributed by atoms with Gasteiger partial charge in [0.1, 0.15) is 0 Å². The van der Waals surface area contributed by atoms with Crippen LogP contribution in [0.4, 0.5) is 0 Å². The van der Waals surface area contributed by atoms with E-state index in [2.05, 4.69) is 69.7 Å². The van der Waals surface area contributed by atoms with Crippen LogP contribution >= 0.6 is 0 Å². The fourth-order valence-corrected chi connectivity index (χ4v) is 2.57. The first-order chi connectivity index (χ1) is 8.66. The van der Waals surface area contributed by atoms with E-state index in [1.54, 1.807) is 0 Å². The Morgan fingerprint density at radius 3 is 2.17 bits per heavy atom. The molecule has 0 atom stereocenters. The topological polar surface area (TPSA) is 0 Å². The summed E-state index contributed by atoms with van der Waals surface area (Å²) in [5.74, 6) is 0. The predicted molar refractivity (Wildman–Crippen MR) is 78.4 cm³/mol. The third kappa shape index (κ3) is 1.69. The Morgan fingerprint density at radius 1 is 0.722 bits per heavy atom. The van der Waals surface area contributed by atoms with Gasteiger partial charge in [-0.15, -0.1) is 0 Å². The molecule has 0 amide bonds. The van der Waals surface area contributed by atoms with Crippen LogP contribution in [0.15, 0.2) is 36.4 Å². The lowest BCUT2D eigenvalue weighted by atomic mass is 9.93. The average Bonchev–Trinajstić information content (AvgIpc) is 2.79. The van der Waals surface area contributed by atoms with Crippen molar-refractivity contribution in [1.82, 2.24) is 0 Å². The van der Waals surface area contributed by atoms with Gasteiger partial charge in [-0.2, -0.15) is 0 Å². The molecule has 0 saturated heterocycles. The van der Waals surface area contributed by atoms with Crippen molar-refractivity contribution in [2.45, 2.75) is 20.8 Å². The van der Waals surface area contributed by atoms with E-state index in [-0.39, 0.29) is 0 Å². The second-order valence-corrected chi connectivity index (χ2v) is 5.05. The van der Waals surface area contributed by atoms with Gasteiger partial charge < -0.3 is 0 Å². The highest BCUT2D eigenvalue weighted by Gasteiger charge is 2.16. The number of benzene rings is 2. The van der Waals surface area contributed by atoms with Gasteiger partial charge in [-0.25, -0.2) is 0 Å². The Balaban J connectivity index is 2.07. The zero-order valence-corrected chi connectivity index (χ0v) is 11.1. The van der Waals surface area contributed by atoms with Crippen LogP contribution in [0.1, 0.15) is 33.4 Å². The molecule has 0 N–H and O–H groups in total. The first-order valence-electron chi connectivity index (χ1n) is 6.39. The van der Waals surface area contributed by atoms with Gasteiger partial charge >= 0.3 is 0 Å². The summed E-state index contributed by atoms with van der Waals surface area (Å²) in [7, 11) is 0. The van der Waals surface area contributed by atoms with E-state index >= 15 is 0 Å². The molecule has 3 rings (SSSR count). The second-order valence-electron chi connectivity index (χ2n) is 5.05. The zero-order valence-electron chi connectivity index (χ0n) is 11.1. The van der Waals surface area contributed by atoms with Gasteiger partial charge in [-0.1, -0.05) is 42.5 Å². The summed E-state index contributed by atoms with van der Waals surface area (Å²) in [4.78, 5) is 0. The molecular formula is C18H17. The molecule has 18 heavy (non-hydrogen) atoms. The van der Waals surface area contributed by atoms with E-state index in [1.807, 2.05) is 0 Å². The SMILES string of the molecule is Cc1ccc(C2=Cc3ccccc3[CH]2)c(C)c1C. The molecule has 89 valence electrons. The molecule has 0 nitrogen and oxygen atoms in total. The minimum absolute atomic E-state index is 1.32. The fourth-order valence-electron chi connectivity index (χ4n) is 2.57. The third-order valence-electron chi connectivity index (χ3n) is 3.99. The molecule has 0 spiro atoms. The highest BCUT2D eigenvalue weighted by Crippen LogP contribution is 2.35. The Labute approximate surface area is 109 Å². The molecule has 1 aliphatic carbocycles. The van der Waals surface area contributed by atoms with Gasteiger partial charge in [-0.3, -0.25) is 0 Å². The average molecular weight is 233 g/mol. The van der Waals surface area contributed by atoms with Gasteiger partial charge in [0, 0.05) is 6.42 Å². The monoisotopic (exact) mass is 233 g/mol. The summed E-state index contributed by atoms with van der Waals surface area (Å²) in [5, 5.41) is 0. The van der Waals surface area contributed by atoms with E-state index in [4.69, 9.17) is 0 Å². The van der Waals surface area contributed by atoms with Crippen molar-refractivity contribution in [3.8, 4) is 0 Å². The molecule has 0 saturated carbocycles. The van der Waals surface area contributed by atoms with Crippen LogP contribution in [-0.2, 0) is 0 Å². The lowest BCUT2D eigenvalue weighted by Crippen LogP contribution is -1.93. The smallest absolute Gasteiger partial charge is 0.0211 e. The minimum Gasteiger partial charge on any atom is -0.0619 e. The van der Waals surface area contributed by atoms with E-state index in [1.165, 1.54) is 39.0 Å². The van der Waals surface area contributed by atoms with Crippen LogP contribution in [-0.4, -0.2) is 0 Å². The van der Waals surface area contributed by atoms with E-state index < -0.39 is 0 Å². The van der Waals surface area contributed by atoms with Crippen molar-refractivity contribution in [3.63, 3.8) is 0 Å². The molecule has 2 aromatic rings. The minimum atomic E-state index is 1.32. The molecule has 2 aromatic carbocycles. The van der Waals surface area contributed by atoms with Crippen molar-refractivity contribution in [3.05, 3.63) is 76.2 Å². The van der Waals surface area contributed by atoms with Crippen LogP contribution < -0.4 is 0 Å². The van der Waals surface area contributed by atoms with Crippen LogP contribution in [0.5, 0.6) is 0 Å². The molecule has 0 fully saturated rings. The summed E-state index contributed by atoms with van der Waals surface area (Å²) in [6.45, 7) is 6.60. The second kappa shape index (κ2) is 4.13. The van der Waals surface area contributed by atoms with Crippen molar-refractivity contribution in [2.75, 3.05) is 0 Å². The van der Waals surface area contributed by atoms with Crippen molar-refractivity contribution in [2.24, 2.45) is 0 Å². The largest absolute Gasteiger partial charge is 0.0619 e. The number of hydrogen-bond donors (Lipinski definition) is 0. The molecule has 0 heteroatoms. The molecule has 0 aliphatic heterocycles. The van der Waals surface area contributed by atoms with E-state index in [9.17, 15) is 0 Å². The summed E-state index contributed by atoms with van der Waals surface area (Å²) in [6, 6.07) is 13.0. The number of rotatable bonds is 1. The summed E-state index contributed by atoms with van der Waals surface area (Å²) >= 11 is 0. The Hall–Kier alpha value is -1.82. The lowest BCUT2D eigenvalue weighted by Gasteiger charge is -2.12. The fraction of sp³-hybridized carbons (Fsp3) is 0.167. The molecule has 0 aromatic heterocycles. The van der Waals surface area contributed by atoms with Crippen molar-refractivity contribution in [1.29, 1.82) is 0 Å².